The highest BCUT2D eigenvalue weighted by Gasteiger charge is 2.15. The molecule has 1 N–H and O–H groups in total. The Morgan fingerprint density at radius 2 is 1.42 bits per heavy atom. The monoisotopic (exact) mass is 413 g/mol. The number of para-hydroxylation sites is 1. The van der Waals surface area contributed by atoms with Crippen molar-refractivity contribution >= 4 is 17.3 Å². The lowest BCUT2D eigenvalue weighted by Gasteiger charge is -2.17. The molecular formula is C27H31N3O. The largest absolute Gasteiger partial charge is 0.347 e. The fraction of sp³-hybridized carbons (Fsp3) is 0.296. The number of carbonyl (C=O) groups excluding carboxylic acids is 1. The molecule has 31 heavy (non-hydrogen) atoms. The first-order chi connectivity index (χ1) is 14.9. The molecule has 3 rings (SSSR count). The summed E-state index contributed by atoms with van der Waals surface area (Å²) in [5.74, 6) is 0.547. The van der Waals surface area contributed by atoms with Crippen LogP contribution in [-0.2, 0) is 6.54 Å². The second-order valence-electron chi connectivity index (χ2n) is 8.37. The van der Waals surface area contributed by atoms with E-state index in [1.165, 1.54) is 11.1 Å². The molecule has 0 unspecified atom stereocenters. The summed E-state index contributed by atoms with van der Waals surface area (Å²) < 4.78 is 0. The van der Waals surface area contributed by atoms with Crippen LogP contribution in [0.3, 0.4) is 0 Å². The van der Waals surface area contributed by atoms with E-state index in [0.717, 1.165) is 17.0 Å². The fourth-order valence-corrected chi connectivity index (χ4v) is 3.50. The highest BCUT2D eigenvalue weighted by molar-refractivity contribution is 6.00. The summed E-state index contributed by atoms with van der Waals surface area (Å²) in [4.78, 5) is 22.2. The molecule has 0 atom stereocenters. The van der Waals surface area contributed by atoms with Crippen molar-refractivity contribution in [2.45, 2.75) is 53.0 Å². The van der Waals surface area contributed by atoms with Gasteiger partial charge in [0.15, 0.2) is 0 Å². The second kappa shape index (κ2) is 10.2. The summed E-state index contributed by atoms with van der Waals surface area (Å²) in [7, 11) is 0. The Labute approximate surface area is 185 Å². The maximum absolute atomic E-state index is 12.6. The van der Waals surface area contributed by atoms with E-state index in [1.54, 1.807) is 6.07 Å². The quantitative estimate of drug-likeness (QED) is 0.456. The number of pyridine rings is 1. The first-order valence-corrected chi connectivity index (χ1v) is 10.8. The Morgan fingerprint density at radius 3 is 2.03 bits per heavy atom. The zero-order valence-electron chi connectivity index (χ0n) is 19.0. The van der Waals surface area contributed by atoms with Gasteiger partial charge < -0.3 is 5.32 Å². The lowest BCUT2D eigenvalue weighted by Crippen LogP contribution is -2.24. The third-order valence-corrected chi connectivity index (χ3v) is 5.27. The van der Waals surface area contributed by atoms with E-state index in [9.17, 15) is 4.79 Å². The first-order valence-electron chi connectivity index (χ1n) is 10.8. The van der Waals surface area contributed by atoms with Crippen molar-refractivity contribution in [1.29, 1.82) is 0 Å². The second-order valence-corrected chi connectivity index (χ2v) is 8.37. The molecule has 0 fully saturated rings. The van der Waals surface area contributed by atoms with Crippen molar-refractivity contribution in [3.05, 3.63) is 94.8 Å². The SMILES string of the molecule is CC(=Nc1c(C(C)C)cccc1C(C)C)c1cccc(C(=O)NCc2ccccc2)n1. The third-order valence-electron chi connectivity index (χ3n) is 5.27. The van der Waals surface area contributed by atoms with E-state index < -0.39 is 0 Å². The standard InChI is InChI=1S/C27H31N3O/c1-18(2)22-13-9-14-23(19(3)4)26(22)29-20(5)24-15-10-16-25(30-24)27(31)28-17-21-11-7-6-8-12-21/h6-16,18-19H,17H2,1-5H3,(H,28,31). The molecule has 160 valence electrons. The van der Waals surface area contributed by atoms with Gasteiger partial charge in [-0.05, 0) is 47.6 Å². The van der Waals surface area contributed by atoms with Gasteiger partial charge in [-0.2, -0.15) is 0 Å². The predicted octanol–water partition coefficient (Wildman–Crippen LogP) is 6.40. The minimum absolute atomic E-state index is 0.191. The van der Waals surface area contributed by atoms with Gasteiger partial charge in [-0.25, -0.2) is 4.98 Å². The van der Waals surface area contributed by atoms with E-state index in [-0.39, 0.29) is 5.91 Å². The van der Waals surface area contributed by atoms with Gasteiger partial charge in [-0.1, -0.05) is 82.3 Å². The van der Waals surface area contributed by atoms with Gasteiger partial charge >= 0.3 is 0 Å². The molecule has 4 heteroatoms. The number of aliphatic imine (C=N–C) groups is 1. The summed E-state index contributed by atoms with van der Waals surface area (Å²) in [5.41, 5.74) is 6.42. The van der Waals surface area contributed by atoms with E-state index >= 15 is 0 Å². The summed E-state index contributed by atoms with van der Waals surface area (Å²) >= 11 is 0. The number of benzene rings is 2. The summed E-state index contributed by atoms with van der Waals surface area (Å²) in [6.45, 7) is 11.2. The van der Waals surface area contributed by atoms with Crippen molar-refractivity contribution in [2.24, 2.45) is 4.99 Å². The minimum atomic E-state index is -0.191. The van der Waals surface area contributed by atoms with Crippen LogP contribution < -0.4 is 5.32 Å². The highest BCUT2D eigenvalue weighted by atomic mass is 16.1. The van der Waals surface area contributed by atoms with Crippen molar-refractivity contribution < 1.29 is 4.79 Å². The Morgan fingerprint density at radius 1 is 0.839 bits per heavy atom. The van der Waals surface area contributed by atoms with E-state index in [0.29, 0.717) is 29.8 Å². The molecule has 0 saturated heterocycles. The first kappa shape index (κ1) is 22.4. The molecule has 0 bridgehead atoms. The van der Waals surface area contributed by atoms with E-state index in [1.807, 2.05) is 49.4 Å². The van der Waals surface area contributed by atoms with Crippen molar-refractivity contribution in [2.75, 3.05) is 0 Å². The van der Waals surface area contributed by atoms with Crippen LogP contribution >= 0.6 is 0 Å². The number of aromatic nitrogens is 1. The molecule has 3 aromatic rings. The van der Waals surface area contributed by atoms with Crippen LogP contribution in [0.15, 0.2) is 71.7 Å². The number of nitrogens with one attached hydrogen (secondary N) is 1. The van der Waals surface area contributed by atoms with Crippen LogP contribution in [0.1, 0.15) is 79.3 Å². The Kier molecular flexibility index (Phi) is 7.35. The van der Waals surface area contributed by atoms with Gasteiger partial charge in [-0.3, -0.25) is 9.79 Å². The summed E-state index contributed by atoms with van der Waals surface area (Å²) in [6.07, 6.45) is 0. The molecule has 0 spiro atoms. The van der Waals surface area contributed by atoms with Gasteiger partial charge in [0.05, 0.1) is 17.1 Å². The van der Waals surface area contributed by atoms with Crippen LogP contribution in [0.5, 0.6) is 0 Å². The normalized spacial score (nSPS) is 11.8. The zero-order chi connectivity index (χ0) is 22.4. The smallest absolute Gasteiger partial charge is 0.270 e. The minimum Gasteiger partial charge on any atom is -0.347 e. The van der Waals surface area contributed by atoms with Crippen LogP contribution in [-0.4, -0.2) is 16.6 Å². The molecule has 1 heterocycles. The van der Waals surface area contributed by atoms with Gasteiger partial charge in [-0.15, -0.1) is 0 Å². The molecule has 1 aromatic heterocycles. The van der Waals surface area contributed by atoms with Crippen molar-refractivity contribution in [3.63, 3.8) is 0 Å². The van der Waals surface area contributed by atoms with Crippen LogP contribution in [0, 0.1) is 0 Å². The lowest BCUT2D eigenvalue weighted by molar-refractivity contribution is 0.0946. The molecule has 1 amide bonds. The third kappa shape index (κ3) is 5.66. The van der Waals surface area contributed by atoms with Gasteiger partial charge in [0.25, 0.3) is 5.91 Å². The molecule has 0 radical (unpaired) electrons. The predicted molar refractivity (Wildman–Crippen MR) is 128 cm³/mol. The molecular weight excluding hydrogens is 382 g/mol. The van der Waals surface area contributed by atoms with Crippen LogP contribution in [0.25, 0.3) is 0 Å². The van der Waals surface area contributed by atoms with Crippen LogP contribution in [0.4, 0.5) is 5.69 Å². The molecule has 0 saturated carbocycles. The van der Waals surface area contributed by atoms with Gasteiger partial charge in [0, 0.05) is 6.54 Å². The molecule has 0 aliphatic heterocycles. The molecule has 0 aliphatic carbocycles. The number of hydrogen-bond acceptors (Lipinski definition) is 3. The number of nitrogens with zero attached hydrogens (tertiary/aromatic N) is 2. The van der Waals surface area contributed by atoms with Gasteiger partial charge in [0.1, 0.15) is 5.69 Å². The molecule has 0 aliphatic rings. The Hall–Kier alpha value is -3.27. The van der Waals surface area contributed by atoms with Crippen molar-refractivity contribution in [1.82, 2.24) is 10.3 Å². The van der Waals surface area contributed by atoms with Crippen molar-refractivity contribution in [3.8, 4) is 0 Å². The summed E-state index contributed by atoms with van der Waals surface area (Å²) in [5, 5.41) is 2.94. The maximum Gasteiger partial charge on any atom is 0.270 e. The summed E-state index contributed by atoms with van der Waals surface area (Å²) in [6, 6.07) is 21.7. The number of carbonyl (C=O) groups is 1. The lowest BCUT2D eigenvalue weighted by atomic mass is 9.93. The number of hydrogen-bond donors (Lipinski definition) is 1. The zero-order valence-corrected chi connectivity index (χ0v) is 19.0. The topological polar surface area (TPSA) is 54.4 Å². The number of amides is 1. The van der Waals surface area contributed by atoms with E-state index in [4.69, 9.17) is 4.99 Å². The molecule has 2 aromatic carbocycles. The fourth-order valence-electron chi connectivity index (χ4n) is 3.50. The molecule has 4 nitrogen and oxygen atoms in total. The number of rotatable bonds is 7. The maximum atomic E-state index is 12.6. The average molecular weight is 414 g/mol. The highest BCUT2D eigenvalue weighted by Crippen LogP contribution is 2.35. The Balaban J connectivity index is 1.87. The Bertz CT molecular complexity index is 1040. The van der Waals surface area contributed by atoms with Gasteiger partial charge in [0.2, 0.25) is 0 Å². The average Bonchev–Trinajstić information content (AvgIpc) is 2.78. The van der Waals surface area contributed by atoms with Crippen LogP contribution in [0.2, 0.25) is 0 Å². The van der Waals surface area contributed by atoms with E-state index in [2.05, 4.69) is 56.2 Å².